The number of hydrogen-bond donors (Lipinski definition) is 0. The monoisotopic (exact) mass is 729 g/mol. The van der Waals surface area contributed by atoms with Gasteiger partial charge in [0.15, 0.2) is 17.5 Å². The lowest BCUT2D eigenvalue weighted by molar-refractivity contribution is 0.803. The van der Waals surface area contributed by atoms with E-state index in [-0.39, 0.29) is 0 Å². The fraction of sp³-hybridized carbons (Fsp3) is 0.0192. The number of aromatic nitrogens is 3. The van der Waals surface area contributed by atoms with Gasteiger partial charge in [0.05, 0.1) is 5.41 Å². The van der Waals surface area contributed by atoms with Gasteiger partial charge in [0.2, 0.25) is 0 Å². The summed E-state index contributed by atoms with van der Waals surface area (Å²) in [6, 6.07) is 67.7. The average molecular weight is 730 g/mol. The lowest BCUT2D eigenvalue weighted by atomic mass is 9.70. The smallest absolute Gasteiger partial charge is 0.164 e. The van der Waals surface area contributed by atoms with Crippen LogP contribution in [0.4, 0.5) is 0 Å². The van der Waals surface area contributed by atoms with Crippen LogP contribution in [0.5, 0.6) is 0 Å². The Morgan fingerprint density at radius 2 is 0.946 bits per heavy atom. The summed E-state index contributed by atoms with van der Waals surface area (Å²) in [5.74, 6) is 1.95. The van der Waals surface area contributed by atoms with Crippen molar-refractivity contribution in [1.82, 2.24) is 15.0 Å². The number of rotatable bonds is 4. The van der Waals surface area contributed by atoms with Crippen molar-refractivity contribution in [3.63, 3.8) is 0 Å². The number of nitrogens with zero attached hydrogens (tertiary/aromatic N) is 3. The molecule has 0 fully saturated rings. The maximum absolute atomic E-state index is 5.23. The minimum atomic E-state index is -0.445. The first-order valence-electron chi connectivity index (χ1n) is 19.0. The Kier molecular flexibility index (Phi) is 6.72. The second-order valence-corrected chi connectivity index (χ2v) is 15.7. The van der Waals surface area contributed by atoms with Crippen molar-refractivity contribution in [2.45, 2.75) is 5.41 Å². The molecule has 2 aliphatic rings. The quantitative estimate of drug-likeness (QED) is 0.181. The molecule has 4 heteroatoms. The molecule has 260 valence electrons. The molecule has 0 aliphatic heterocycles. The number of benzene rings is 8. The maximum atomic E-state index is 5.23. The van der Waals surface area contributed by atoms with E-state index in [0.29, 0.717) is 17.5 Å². The fourth-order valence-corrected chi connectivity index (χ4v) is 10.7. The van der Waals surface area contributed by atoms with Crippen molar-refractivity contribution >= 4 is 32.2 Å². The van der Waals surface area contributed by atoms with Gasteiger partial charge in [-0.05, 0) is 84.4 Å². The third-order valence-electron chi connectivity index (χ3n) is 11.7. The normalized spacial score (nSPS) is 14.9. The molecule has 8 aromatic carbocycles. The predicted molar refractivity (Wildman–Crippen MR) is 231 cm³/mol. The molecule has 1 atom stereocenters. The van der Waals surface area contributed by atoms with Gasteiger partial charge in [-0.25, -0.2) is 15.0 Å². The van der Waals surface area contributed by atoms with Crippen LogP contribution >= 0.6 is 11.3 Å². The van der Waals surface area contributed by atoms with E-state index in [4.69, 9.17) is 15.0 Å². The highest BCUT2D eigenvalue weighted by atomic mass is 32.1. The minimum absolute atomic E-state index is 0.445. The SMILES string of the molecule is c1ccc(-c2nc(-c3ccc4ccccc4c3)nc(-c3ccccc3-c3ccc4c(c3)C3(c5ccccc5-4)c4ccccc4-c4sc5ccccc5c43)n2)cc1. The highest BCUT2D eigenvalue weighted by Crippen LogP contribution is 2.66. The molecular weight excluding hydrogens is 699 g/mol. The minimum Gasteiger partial charge on any atom is -0.208 e. The van der Waals surface area contributed by atoms with Crippen LogP contribution in [0.3, 0.4) is 0 Å². The van der Waals surface area contributed by atoms with Gasteiger partial charge in [0.1, 0.15) is 0 Å². The molecule has 2 aliphatic carbocycles. The van der Waals surface area contributed by atoms with Crippen LogP contribution < -0.4 is 0 Å². The van der Waals surface area contributed by atoms with Gasteiger partial charge in [0.25, 0.3) is 0 Å². The van der Waals surface area contributed by atoms with E-state index in [0.717, 1.165) is 33.2 Å². The lowest BCUT2D eigenvalue weighted by Gasteiger charge is -2.30. The van der Waals surface area contributed by atoms with Crippen LogP contribution in [0.2, 0.25) is 0 Å². The number of fused-ring (bicyclic) bond motifs is 13. The van der Waals surface area contributed by atoms with E-state index < -0.39 is 5.41 Å². The molecule has 0 saturated carbocycles. The molecule has 0 N–H and O–H groups in total. The van der Waals surface area contributed by atoms with Gasteiger partial charge in [-0.3, -0.25) is 0 Å². The summed E-state index contributed by atoms with van der Waals surface area (Å²) in [5.41, 5.74) is 14.0. The van der Waals surface area contributed by atoms with Crippen molar-refractivity contribution < 1.29 is 0 Å². The fourth-order valence-electron chi connectivity index (χ4n) is 9.36. The first-order valence-corrected chi connectivity index (χ1v) is 19.8. The van der Waals surface area contributed by atoms with Crippen molar-refractivity contribution in [1.29, 1.82) is 0 Å². The van der Waals surface area contributed by atoms with Crippen LogP contribution in [0.15, 0.2) is 188 Å². The molecule has 12 rings (SSSR count). The summed E-state index contributed by atoms with van der Waals surface area (Å²) in [7, 11) is 0. The molecule has 3 nitrogen and oxygen atoms in total. The van der Waals surface area contributed by atoms with Crippen LogP contribution in [0, 0.1) is 0 Å². The standard InChI is InChI=1S/C52H31N3S/c1-2-15-33(16-3-1)49-53-50(36-27-26-32-14-4-5-17-34(32)30-36)55-51(54-49)40-20-7-6-18-37(40)35-28-29-39-38-19-8-11-23-43(38)52(45(39)31-35)44-24-12-9-21-41(44)48-47(52)42-22-10-13-25-46(42)56-48/h1-31H. The number of hydrogen-bond acceptors (Lipinski definition) is 4. The molecule has 1 spiro atoms. The molecule has 0 saturated heterocycles. The van der Waals surface area contributed by atoms with E-state index in [2.05, 4.69) is 170 Å². The second-order valence-electron chi connectivity index (χ2n) is 14.7. The molecule has 0 radical (unpaired) electrons. The van der Waals surface area contributed by atoms with Crippen LogP contribution in [0.1, 0.15) is 22.3 Å². The molecular formula is C52H31N3S. The van der Waals surface area contributed by atoms with Crippen molar-refractivity contribution in [3.05, 3.63) is 210 Å². The topological polar surface area (TPSA) is 38.7 Å². The van der Waals surface area contributed by atoms with E-state index in [9.17, 15) is 0 Å². The summed E-state index contributed by atoms with van der Waals surface area (Å²) >= 11 is 1.92. The Bertz CT molecular complexity index is 3220. The van der Waals surface area contributed by atoms with E-state index in [1.165, 1.54) is 59.3 Å². The molecule has 0 amide bonds. The second kappa shape index (κ2) is 12.0. The zero-order valence-electron chi connectivity index (χ0n) is 30.1. The summed E-state index contributed by atoms with van der Waals surface area (Å²) in [5, 5.41) is 3.66. The van der Waals surface area contributed by atoms with Gasteiger partial charge in [-0.15, -0.1) is 11.3 Å². The Hall–Kier alpha value is -7.01. The van der Waals surface area contributed by atoms with Gasteiger partial charge in [-0.1, -0.05) is 170 Å². The van der Waals surface area contributed by atoms with E-state index >= 15 is 0 Å². The Morgan fingerprint density at radius 3 is 1.79 bits per heavy atom. The van der Waals surface area contributed by atoms with Gasteiger partial charge in [0, 0.05) is 26.3 Å². The predicted octanol–water partition coefficient (Wildman–Crippen LogP) is 13.3. The largest absolute Gasteiger partial charge is 0.208 e. The van der Waals surface area contributed by atoms with Crippen LogP contribution in [0.25, 0.3) is 87.7 Å². The van der Waals surface area contributed by atoms with Crippen LogP contribution in [-0.2, 0) is 5.41 Å². The van der Waals surface area contributed by atoms with Gasteiger partial charge in [-0.2, -0.15) is 0 Å². The number of thiophene rings is 1. The molecule has 1 unspecified atom stereocenters. The molecule has 2 heterocycles. The highest BCUT2D eigenvalue weighted by Gasteiger charge is 2.53. The van der Waals surface area contributed by atoms with Gasteiger partial charge < -0.3 is 0 Å². The summed E-state index contributed by atoms with van der Waals surface area (Å²) < 4.78 is 1.32. The molecule has 2 aromatic heterocycles. The first kappa shape index (κ1) is 31.4. The summed E-state index contributed by atoms with van der Waals surface area (Å²) in [6.45, 7) is 0. The van der Waals surface area contributed by atoms with Crippen molar-refractivity contribution in [2.24, 2.45) is 0 Å². The lowest BCUT2D eigenvalue weighted by Crippen LogP contribution is -2.25. The van der Waals surface area contributed by atoms with Crippen molar-refractivity contribution in [2.75, 3.05) is 0 Å². The Balaban J connectivity index is 1.09. The third kappa shape index (κ3) is 4.42. The average Bonchev–Trinajstić information content (AvgIpc) is 3.90. The summed E-state index contributed by atoms with van der Waals surface area (Å²) in [6.07, 6.45) is 0. The van der Waals surface area contributed by atoms with Crippen molar-refractivity contribution in [3.8, 4) is 66.9 Å². The zero-order chi connectivity index (χ0) is 36.8. The van der Waals surface area contributed by atoms with Crippen LogP contribution in [-0.4, -0.2) is 15.0 Å². The Labute approximate surface area is 328 Å². The van der Waals surface area contributed by atoms with Gasteiger partial charge >= 0.3 is 0 Å². The molecule has 0 bridgehead atoms. The highest BCUT2D eigenvalue weighted by molar-refractivity contribution is 7.22. The van der Waals surface area contributed by atoms with E-state index in [1.54, 1.807) is 0 Å². The molecule has 10 aromatic rings. The van der Waals surface area contributed by atoms with E-state index in [1.807, 2.05) is 29.5 Å². The first-order chi connectivity index (χ1) is 27.8. The maximum Gasteiger partial charge on any atom is 0.164 e. The third-order valence-corrected chi connectivity index (χ3v) is 12.9. The summed E-state index contributed by atoms with van der Waals surface area (Å²) in [4.78, 5) is 16.9. The Morgan fingerprint density at radius 1 is 0.357 bits per heavy atom. The molecule has 56 heavy (non-hydrogen) atoms. The zero-order valence-corrected chi connectivity index (χ0v) is 31.0.